The molecule has 1 aliphatic rings. The Labute approximate surface area is 128 Å². The lowest BCUT2D eigenvalue weighted by Crippen LogP contribution is -2.25. The van der Waals surface area contributed by atoms with Gasteiger partial charge in [-0.25, -0.2) is 9.97 Å². The van der Waals surface area contributed by atoms with Crippen molar-refractivity contribution in [2.75, 3.05) is 37.3 Å². The van der Waals surface area contributed by atoms with Gasteiger partial charge >= 0.3 is 0 Å². The Hall–Kier alpha value is -1.36. The number of anilines is 2. The first-order valence-electron chi connectivity index (χ1n) is 8.08. The van der Waals surface area contributed by atoms with Crippen LogP contribution < -0.4 is 10.6 Å². The third-order valence-electron chi connectivity index (χ3n) is 3.95. The summed E-state index contributed by atoms with van der Waals surface area (Å²) in [5.74, 6) is 3.21. The summed E-state index contributed by atoms with van der Waals surface area (Å²) in [6.45, 7) is 11.7. The molecule has 0 saturated carbocycles. The Morgan fingerprint density at radius 1 is 1.29 bits per heavy atom. The summed E-state index contributed by atoms with van der Waals surface area (Å²) in [4.78, 5) is 11.8. The van der Waals surface area contributed by atoms with E-state index in [-0.39, 0.29) is 0 Å². The van der Waals surface area contributed by atoms with Gasteiger partial charge in [0.05, 0.1) is 0 Å². The van der Waals surface area contributed by atoms with Gasteiger partial charge < -0.3 is 15.5 Å². The fourth-order valence-corrected chi connectivity index (χ4v) is 2.59. The van der Waals surface area contributed by atoms with Crippen LogP contribution in [0.25, 0.3) is 0 Å². The molecule has 1 unspecified atom stereocenters. The second kappa shape index (κ2) is 7.07. The molecule has 5 nitrogen and oxygen atoms in total. The smallest absolute Gasteiger partial charge is 0.135 e. The summed E-state index contributed by atoms with van der Waals surface area (Å²) in [6, 6.07) is 0.489. The number of hydrogen-bond acceptors (Lipinski definition) is 5. The average molecular weight is 291 g/mol. The minimum Gasteiger partial charge on any atom is -0.370 e. The third-order valence-corrected chi connectivity index (χ3v) is 3.95. The molecule has 0 aromatic carbocycles. The highest BCUT2D eigenvalue weighted by atomic mass is 15.2. The van der Waals surface area contributed by atoms with Crippen molar-refractivity contribution in [3.63, 3.8) is 0 Å². The number of nitrogens with zero attached hydrogens (tertiary/aromatic N) is 3. The second-order valence-electron chi connectivity index (χ2n) is 6.38. The Balaban J connectivity index is 2.23. The van der Waals surface area contributed by atoms with Gasteiger partial charge in [-0.2, -0.15) is 0 Å². The van der Waals surface area contributed by atoms with Crippen LogP contribution >= 0.6 is 0 Å². The third kappa shape index (κ3) is 4.06. The Bertz CT molecular complexity index is 472. The minimum atomic E-state index is 0.333. The van der Waals surface area contributed by atoms with Crippen molar-refractivity contribution in [3.8, 4) is 0 Å². The molecule has 2 N–H and O–H groups in total. The second-order valence-corrected chi connectivity index (χ2v) is 6.38. The number of rotatable bonds is 6. The number of aromatic nitrogens is 2. The number of likely N-dealkylation sites (N-methyl/N-ethyl adjacent to an activating group) is 1. The van der Waals surface area contributed by atoms with Crippen molar-refractivity contribution in [1.29, 1.82) is 0 Å². The average Bonchev–Trinajstić information content (AvgIpc) is 2.84. The fraction of sp³-hybridized carbons (Fsp3) is 0.750. The van der Waals surface area contributed by atoms with Crippen molar-refractivity contribution in [2.24, 2.45) is 0 Å². The van der Waals surface area contributed by atoms with E-state index < -0.39 is 0 Å². The van der Waals surface area contributed by atoms with Gasteiger partial charge in [-0.3, -0.25) is 0 Å². The van der Waals surface area contributed by atoms with Gasteiger partial charge in [0.25, 0.3) is 0 Å². The summed E-state index contributed by atoms with van der Waals surface area (Å²) < 4.78 is 0. The van der Waals surface area contributed by atoms with Crippen LogP contribution in [-0.2, 0) is 0 Å². The van der Waals surface area contributed by atoms with Crippen LogP contribution in [0, 0.1) is 6.92 Å². The van der Waals surface area contributed by atoms with Gasteiger partial charge in [-0.05, 0) is 33.4 Å². The highest BCUT2D eigenvalue weighted by molar-refractivity contribution is 5.58. The summed E-state index contributed by atoms with van der Waals surface area (Å²) in [6.07, 6.45) is 2.27. The molecule has 21 heavy (non-hydrogen) atoms. The van der Waals surface area contributed by atoms with E-state index in [9.17, 15) is 0 Å². The predicted octanol–water partition coefficient (Wildman–Crippen LogP) is 2.85. The van der Waals surface area contributed by atoms with Gasteiger partial charge in [-0.1, -0.05) is 20.8 Å². The highest BCUT2D eigenvalue weighted by Gasteiger charge is 2.21. The molecule has 0 amide bonds. The van der Waals surface area contributed by atoms with Crippen molar-refractivity contribution < 1.29 is 0 Å². The van der Waals surface area contributed by atoms with E-state index in [1.165, 1.54) is 6.42 Å². The van der Waals surface area contributed by atoms with Crippen molar-refractivity contribution in [2.45, 2.75) is 52.5 Å². The SMILES string of the molecule is CCCNc1nc(C(C)C)nc(NC2CCN(C)C2)c1C. The first kappa shape index (κ1) is 16.0. The molecule has 2 rings (SSSR count). The largest absolute Gasteiger partial charge is 0.370 e. The minimum absolute atomic E-state index is 0.333. The van der Waals surface area contributed by atoms with E-state index in [0.29, 0.717) is 12.0 Å². The maximum Gasteiger partial charge on any atom is 0.135 e. The summed E-state index contributed by atoms with van der Waals surface area (Å²) in [5, 5.41) is 7.05. The van der Waals surface area contributed by atoms with Gasteiger partial charge in [-0.15, -0.1) is 0 Å². The maximum atomic E-state index is 4.75. The predicted molar refractivity (Wildman–Crippen MR) is 89.2 cm³/mol. The molecule has 1 saturated heterocycles. The molecule has 1 aromatic rings. The van der Waals surface area contributed by atoms with E-state index in [1.54, 1.807) is 0 Å². The first-order valence-corrected chi connectivity index (χ1v) is 8.08. The van der Waals surface area contributed by atoms with E-state index in [0.717, 1.165) is 49.1 Å². The number of likely N-dealkylation sites (tertiary alicyclic amines) is 1. The molecule has 1 aromatic heterocycles. The molecule has 0 aliphatic carbocycles. The molecule has 1 fully saturated rings. The van der Waals surface area contributed by atoms with Crippen molar-refractivity contribution in [3.05, 3.63) is 11.4 Å². The highest BCUT2D eigenvalue weighted by Crippen LogP contribution is 2.25. The number of hydrogen-bond donors (Lipinski definition) is 2. The van der Waals surface area contributed by atoms with Gasteiger partial charge in [0, 0.05) is 30.6 Å². The van der Waals surface area contributed by atoms with Crippen LogP contribution in [0.3, 0.4) is 0 Å². The summed E-state index contributed by atoms with van der Waals surface area (Å²) >= 11 is 0. The van der Waals surface area contributed by atoms with Crippen LogP contribution in [0.15, 0.2) is 0 Å². The zero-order valence-electron chi connectivity index (χ0n) is 14.0. The molecular formula is C16H29N5. The zero-order valence-corrected chi connectivity index (χ0v) is 14.0. The van der Waals surface area contributed by atoms with Crippen LogP contribution in [0.5, 0.6) is 0 Å². The van der Waals surface area contributed by atoms with Crippen LogP contribution in [0.4, 0.5) is 11.6 Å². The zero-order chi connectivity index (χ0) is 15.4. The summed E-state index contributed by atoms with van der Waals surface area (Å²) in [5.41, 5.74) is 1.13. The van der Waals surface area contributed by atoms with Gasteiger partial charge in [0.2, 0.25) is 0 Å². The molecule has 0 radical (unpaired) electrons. The molecule has 118 valence electrons. The fourth-order valence-electron chi connectivity index (χ4n) is 2.59. The van der Waals surface area contributed by atoms with E-state index in [2.05, 4.69) is 55.3 Å². The standard InChI is InChI=1S/C16H29N5/c1-6-8-17-15-12(4)16(20-14(19-15)11(2)3)18-13-7-9-21(5)10-13/h11,13H,6-10H2,1-5H3,(H2,17,18,19,20). The van der Waals surface area contributed by atoms with E-state index >= 15 is 0 Å². The van der Waals surface area contributed by atoms with Crippen molar-refractivity contribution >= 4 is 11.6 Å². The lowest BCUT2D eigenvalue weighted by Gasteiger charge is -2.19. The van der Waals surface area contributed by atoms with Crippen LogP contribution in [-0.4, -0.2) is 47.6 Å². The maximum absolute atomic E-state index is 4.75. The van der Waals surface area contributed by atoms with Crippen LogP contribution in [0.2, 0.25) is 0 Å². The molecule has 1 aliphatic heterocycles. The first-order chi connectivity index (χ1) is 10.0. The molecule has 0 spiro atoms. The molecule has 1 atom stereocenters. The molecule has 5 heteroatoms. The van der Waals surface area contributed by atoms with E-state index in [4.69, 9.17) is 4.98 Å². The quantitative estimate of drug-likeness (QED) is 0.844. The lowest BCUT2D eigenvalue weighted by molar-refractivity contribution is 0.414. The Kier molecular flexibility index (Phi) is 5.39. The van der Waals surface area contributed by atoms with E-state index in [1.807, 2.05) is 0 Å². The Morgan fingerprint density at radius 3 is 2.57 bits per heavy atom. The van der Waals surface area contributed by atoms with Gasteiger partial charge in [0.15, 0.2) is 0 Å². The Morgan fingerprint density at radius 2 is 2.00 bits per heavy atom. The monoisotopic (exact) mass is 291 g/mol. The molecule has 0 bridgehead atoms. The molecular weight excluding hydrogens is 262 g/mol. The topological polar surface area (TPSA) is 53.1 Å². The molecule has 2 heterocycles. The summed E-state index contributed by atoms with van der Waals surface area (Å²) in [7, 11) is 2.17. The lowest BCUT2D eigenvalue weighted by atomic mass is 10.2. The number of nitrogens with one attached hydrogen (secondary N) is 2. The van der Waals surface area contributed by atoms with Crippen molar-refractivity contribution in [1.82, 2.24) is 14.9 Å². The van der Waals surface area contributed by atoms with Gasteiger partial charge in [0.1, 0.15) is 17.5 Å². The van der Waals surface area contributed by atoms with Crippen LogP contribution in [0.1, 0.15) is 50.9 Å². The normalized spacial score (nSPS) is 19.2.